The highest BCUT2D eigenvalue weighted by molar-refractivity contribution is 8.00. The fraction of sp³-hybridized carbons (Fsp3) is 0.364. The second-order valence-corrected chi connectivity index (χ2v) is 4.63. The Labute approximate surface area is 94.2 Å². The molecular weight excluding hydrogens is 208 g/mol. The van der Waals surface area contributed by atoms with Crippen molar-refractivity contribution < 1.29 is 4.79 Å². The normalized spacial score (nSPS) is 12.4. The average Bonchev–Trinajstić information content (AvgIpc) is 2.19. The van der Waals surface area contributed by atoms with Gasteiger partial charge in [-0.1, -0.05) is 13.0 Å². The quantitative estimate of drug-likeness (QED) is 0.606. The summed E-state index contributed by atoms with van der Waals surface area (Å²) in [5.74, 6) is -0.274. The minimum atomic E-state index is -0.274. The summed E-state index contributed by atoms with van der Waals surface area (Å²) < 4.78 is 0. The largest absolute Gasteiger partial charge is 0.398 e. The predicted octanol–water partition coefficient (Wildman–Crippen LogP) is 1.93. The first-order valence-electron chi connectivity index (χ1n) is 4.87. The van der Waals surface area contributed by atoms with Crippen LogP contribution in [-0.4, -0.2) is 11.2 Å². The minimum Gasteiger partial charge on any atom is -0.398 e. The van der Waals surface area contributed by atoms with Crippen LogP contribution < -0.4 is 11.5 Å². The highest BCUT2D eigenvalue weighted by Crippen LogP contribution is 2.30. The zero-order chi connectivity index (χ0) is 11.4. The van der Waals surface area contributed by atoms with Crippen molar-refractivity contribution in [1.82, 2.24) is 0 Å². The number of amides is 1. The lowest BCUT2D eigenvalue weighted by Gasteiger charge is -2.13. The van der Waals surface area contributed by atoms with Crippen LogP contribution in [0.4, 0.5) is 5.69 Å². The van der Waals surface area contributed by atoms with Crippen LogP contribution >= 0.6 is 11.8 Å². The summed E-state index contributed by atoms with van der Waals surface area (Å²) in [6.07, 6.45) is 0.730. The van der Waals surface area contributed by atoms with E-state index in [9.17, 15) is 4.79 Å². The molecule has 0 aliphatic heterocycles. The van der Waals surface area contributed by atoms with Crippen molar-refractivity contribution in [2.24, 2.45) is 5.73 Å². The standard InChI is InChI=1S/C11H16N2OS/c1-3-9(11(13)14)15-10-6-4-5-8(12)7(10)2/h4-6,9H,3,12H2,1-2H3,(H2,13,14). The number of nitrogens with two attached hydrogens (primary N) is 2. The topological polar surface area (TPSA) is 69.1 Å². The summed E-state index contributed by atoms with van der Waals surface area (Å²) in [5, 5.41) is -0.175. The Morgan fingerprint density at radius 3 is 2.73 bits per heavy atom. The van der Waals surface area contributed by atoms with E-state index in [1.165, 1.54) is 11.8 Å². The van der Waals surface area contributed by atoms with Crippen molar-refractivity contribution in [2.75, 3.05) is 5.73 Å². The lowest BCUT2D eigenvalue weighted by atomic mass is 10.2. The number of nitrogen functional groups attached to an aromatic ring is 1. The first-order chi connectivity index (χ1) is 7.06. The van der Waals surface area contributed by atoms with E-state index in [1.807, 2.05) is 32.0 Å². The van der Waals surface area contributed by atoms with Crippen LogP contribution in [0.2, 0.25) is 0 Å². The van der Waals surface area contributed by atoms with Gasteiger partial charge in [-0.3, -0.25) is 4.79 Å². The van der Waals surface area contributed by atoms with Crippen molar-refractivity contribution in [1.29, 1.82) is 0 Å². The van der Waals surface area contributed by atoms with Crippen LogP contribution in [0.5, 0.6) is 0 Å². The van der Waals surface area contributed by atoms with Gasteiger partial charge in [0.1, 0.15) is 0 Å². The lowest BCUT2D eigenvalue weighted by molar-refractivity contribution is -0.117. The van der Waals surface area contributed by atoms with Crippen LogP contribution in [0.15, 0.2) is 23.1 Å². The molecule has 1 aromatic rings. The van der Waals surface area contributed by atoms with Gasteiger partial charge in [0.25, 0.3) is 0 Å². The van der Waals surface area contributed by atoms with E-state index in [1.54, 1.807) is 0 Å². The summed E-state index contributed by atoms with van der Waals surface area (Å²) in [7, 11) is 0. The zero-order valence-electron chi connectivity index (χ0n) is 8.99. The van der Waals surface area contributed by atoms with Crippen LogP contribution in [0, 0.1) is 6.92 Å². The number of carbonyl (C=O) groups is 1. The monoisotopic (exact) mass is 224 g/mol. The van der Waals surface area contributed by atoms with E-state index in [0.29, 0.717) is 0 Å². The van der Waals surface area contributed by atoms with E-state index < -0.39 is 0 Å². The summed E-state index contributed by atoms with van der Waals surface area (Å²) in [4.78, 5) is 12.1. The fourth-order valence-corrected chi connectivity index (χ4v) is 2.30. The Balaban J connectivity index is 2.88. The number of carbonyl (C=O) groups excluding carboxylic acids is 1. The summed E-state index contributed by atoms with van der Waals surface area (Å²) in [5.41, 5.74) is 12.8. The van der Waals surface area contributed by atoms with Gasteiger partial charge in [-0.05, 0) is 31.0 Å². The molecular formula is C11H16N2OS. The van der Waals surface area contributed by atoms with E-state index in [2.05, 4.69) is 0 Å². The molecule has 0 spiro atoms. The van der Waals surface area contributed by atoms with E-state index >= 15 is 0 Å². The third-order valence-corrected chi connectivity index (χ3v) is 3.83. The molecule has 0 saturated heterocycles. The zero-order valence-corrected chi connectivity index (χ0v) is 9.80. The number of thioether (sulfide) groups is 1. The van der Waals surface area contributed by atoms with Crippen LogP contribution in [0.3, 0.4) is 0 Å². The van der Waals surface area contributed by atoms with Gasteiger partial charge in [-0.15, -0.1) is 11.8 Å². The smallest absolute Gasteiger partial charge is 0.230 e. The maximum Gasteiger partial charge on any atom is 0.230 e. The van der Waals surface area contributed by atoms with Crippen molar-refractivity contribution in [3.05, 3.63) is 23.8 Å². The van der Waals surface area contributed by atoms with Gasteiger partial charge < -0.3 is 11.5 Å². The molecule has 0 radical (unpaired) electrons. The highest BCUT2D eigenvalue weighted by Gasteiger charge is 2.15. The van der Waals surface area contributed by atoms with Gasteiger partial charge in [0, 0.05) is 10.6 Å². The van der Waals surface area contributed by atoms with E-state index in [4.69, 9.17) is 11.5 Å². The molecule has 0 aromatic heterocycles. The molecule has 0 aliphatic rings. The number of benzene rings is 1. The summed E-state index contributed by atoms with van der Waals surface area (Å²) >= 11 is 1.48. The second kappa shape index (κ2) is 5.07. The van der Waals surface area contributed by atoms with Crippen molar-refractivity contribution >= 4 is 23.4 Å². The molecule has 0 bridgehead atoms. The van der Waals surface area contributed by atoms with Crippen LogP contribution in [0.1, 0.15) is 18.9 Å². The summed E-state index contributed by atoms with van der Waals surface area (Å²) in [6.45, 7) is 3.90. The molecule has 1 aromatic carbocycles. The Morgan fingerprint density at radius 1 is 1.53 bits per heavy atom. The second-order valence-electron chi connectivity index (χ2n) is 3.39. The van der Waals surface area contributed by atoms with Crippen molar-refractivity contribution in [3.63, 3.8) is 0 Å². The maximum absolute atomic E-state index is 11.1. The van der Waals surface area contributed by atoms with Gasteiger partial charge >= 0.3 is 0 Å². The van der Waals surface area contributed by atoms with Gasteiger partial charge in [-0.25, -0.2) is 0 Å². The maximum atomic E-state index is 11.1. The molecule has 1 unspecified atom stereocenters. The Kier molecular flexibility index (Phi) is 4.03. The molecule has 82 valence electrons. The molecule has 1 amide bonds. The molecule has 4 N–H and O–H groups in total. The molecule has 0 saturated carbocycles. The molecule has 1 atom stereocenters. The van der Waals surface area contributed by atoms with Gasteiger partial charge in [0.2, 0.25) is 5.91 Å². The minimum absolute atomic E-state index is 0.175. The average molecular weight is 224 g/mol. The first kappa shape index (κ1) is 11.9. The molecule has 15 heavy (non-hydrogen) atoms. The Hall–Kier alpha value is -1.16. The third kappa shape index (κ3) is 2.89. The molecule has 0 fully saturated rings. The van der Waals surface area contributed by atoms with Gasteiger partial charge in [0.05, 0.1) is 5.25 Å². The van der Waals surface area contributed by atoms with Gasteiger partial charge in [0.15, 0.2) is 0 Å². The molecule has 3 nitrogen and oxygen atoms in total. The van der Waals surface area contributed by atoms with Crippen molar-refractivity contribution in [3.8, 4) is 0 Å². The Bertz CT molecular complexity index is 366. The van der Waals surface area contributed by atoms with E-state index in [0.717, 1.165) is 22.6 Å². The molecule has 0 heterocycles. The Morgan fingerprint density at radius 2 is 2.20 bits per heavy atom. The van der Waals surface area contributed by atoms with Gasteiger partial charge in [-0.2, -0.15) is 0 Å². The molecule has 1 rings (SSSR count). The SMILES string of the molecule is CCC(Sc1cccc(N)c1C)C(N)=O. The predicted molar refractivity (Wildman–Crippen MR) is 64.7 cm³/mol. The van der Waals surface area contributed by atoms with Crippen LogP contribution in [-0.2, 0) is 4.79 Å². The summed E-state index contributed by atoms with van der Waals surface area (Å²) in [6, 6.07) is 5.70. The number of anilines is 1. The molecule has 4 heteroatoms. The van der Waals surface area contributed by atoms with Crippen molar-refractivity contribution in [2.45, 2.75) is 30.4 Å². The number of rotatable bonds is 4. The number of primary amides is 1. The number of hydrogen-bond acceptors (Lipinski definition) is 3. The fourth-order valence-electron chi connectivity index (χ4n) is 1.25. The molecule has 0 aliphatic carbocycles. The highest BCUT2D eigenvalue weighted by atomic mass is 32.2. The number of hydrogen-bond donors (Lipinski definition) is 2. The first-order valence-corrected chi connectivity index (χ1v) is 5.75. The van der Waals surface area contributed by atoms with Crippen LogP contribution in [0.25, 0.3) is 0 Å². The lowest BCUT2D eigenvalue weighted by Crippen LogP contribution is -2.24. The van der Waals surface area contributed by atoms with E-state index in [-0.39, 0.29) is 11.2 Å². The third-order valence-electron chi connectivity index (χ3n) is 2.28.